The van der Waals surface area contributed by atoms with Crippen LogP contribution in [0.15, 0.2) is 16.7 Å². The smallest absolute Gasteiger partial charge is 1.00 e. The Morgan fingerprint density at radius 3 is 2.13 bits per heavy atom. The Hall–Kier alpha value is 1.06. The molecule has 0 radical (unpaired) electrons. The summed E-state index contributed by atoms with van der Waals surface area (Å²) < 4.78 is 0. The van der Waals surface area contributed by atoms with Gasteiger partial charge < -0.3 is 37.2 Å². The van der Waals surface area contributed by atoms with E-state index in [0.717, 1.165) is 0 Å². The maximum atomic E-state index is 3.50. The molecule has 0 N–H and O–H groups in total. The van der Waals surface area contributed by atoms with E-state index in [1.165, 1.54) is 31.3 Å². The van der Waals surface area contributed by atoms with Crippen LogP contribution in [0.2, 0.25) is 0 Å². The van der Waals surface area contributed by atoms with Crippen LogP contribution in [0.25, 0.3) is 0 Å². The molecule has 0 saturated heterocycles. The molecule has 4 heteroatoms. The van der Waals surface area contributed by atoms with Crippen molar-refractivity contribution >= 4 is 0 Å². The fourth-order valence-electron chi connectivity index (χ4n) is 2.33. The van der Waals surface area contributed by atoms with E-state index in [4.69, 9.17) is 0 Å². The summed E-state index contributed by atoms with van der Waals surface area (Å²) in [6.45, 7) is 4.49. The van der Waals surface area contributed by atoms with Crippen LogP contribution < -0.4 is 37.2 Å². The quantitative estimate of drug-likeness (QED) is 0.309. The van der Waals surface area contributed by atoms with Gasteiger partial charge in [-0.15, -0.1) is 0 Å². The van der Waals surface area contributed by atoms with Crippen LogP contribution in [-0.2, 0) is 21.7 Å². The van der Waals surface area contributed by atoms with Gasteiger partial charge in [-0.3, -0.25) is 6.08 Å². The molecule has 0 fully saturated rings. The standard InChI is InChI=1S/C11H15.3ClH.Ti/c1-8-7-9(2)11-6-4-3-5-10(8)11;;;;/h8H,3-6H2,1-2H3;3*1H;/q-1;;;;+4/p-3. The molecule has 0 aromatic rings. The zero-order chi connectivity index (χ0) is 7.84. The van der Waals surface area contributed by atoms with Gasteiger partial charge >= 0.3 is 21.7 Å². The van der Waals surface area contributed by atoms with Crippen molar-refractivity contribution in [1.29, 1.82) is 0 Å². The van der Waals surface area contributed by atoms with Crippen molar-refractivity contribution in [1.82, 2.24) is 0 Å². The van der Waals surface area contributed by atoms with E-state index in [1.807, 2.05) is 0 Å². The maximum absolute atomic E-state index is 3.50. The third-order valence-corrected chi connectivity index (χ3v) is 2.92. The normalized spacial score (nSPS) is 22.3. The molecule has 2 aliphatic carbocycles. The van der Waals surface area contributed by atoms with E-state index in [1.54, 1.807) is 11.1 Å². The summed E-state index contributed by atoms with van der Waals surface area (Å²) in [4.78, 5) is 0. The van der Waals surface area contributed by atoms with Crippen LogP contribution >= 0.6 is 0 Å². The van der Waals surface area contributed by atoms with Gasteiger partial charge in [-0.05, 0) is 6.42 Å². The van der Waals surface area contributed by atoms with E-state index in [2.05, 4.69) is 19.9 Å². The fraction of sp³-hybridized carbons (Fsp3) is 0.636. The third-order valence-electron chi connectivity index (χ3n) is 2.92. The fourth-order valence-corrected chi connectivity index (χ4v) is 2.33. The Labute approximate surface area is 126 Å². The van der Waals surface area contributed by atoms with Gasteiger partial charge in [0, 0.05) is 0 Å². The molecule has 0 nitrogen and oxygen atoms in total. The molecule has 0 aromatic heterocycles. The minimum absolute atomic E-state index is 0. The molecule has 2 aliphatic rings. The predicted molar refractivity (Wildman–Crippen MR) is 47.1 cm³/mol. The van der Waals surface area contributed by atoms with Crippen LogP contribution in [-0.4, -0.2) is 0 Å². The van der Waals surface area contributed by atoms with Gasteiger partial charge in [0.05, 0.1) is 0 Å². The second-order valence-corrected chi connectivity index (χ2v) is 3.70. The number of halogens is 3. The molecular formula is C11H15Cl3Ti. The van der Waals surface area contributed by atoms with Crippen LogP contribution in [0.1, 0.15) is 39.5 Å². The van der Waals surface area contributed by atoms with Gasteiger partial charge in [0.1, 0.15) is 0 Å². The Balaban J connectivity index is -0.000000360. The van der Waals surface area contributed by atoms with Crippen molar-refractivity contribution in [3.63, 3.8) is 0 Å². The van der Waals surface area contributed by atoms with E-state index < -0.39 is 0 Å². The second-order valence-electron chi connectivity index (χ2n) is 3.70. The first kappa shape index (κ1) is 21.4. The zero-order valence-electron chi connectivity index (χ0n) is 9.04. The predicted octanol–water partition coefficient (Wildman–Crippen LogP) is -5.73. The first-order valence-corrected chi connectivity index (χ1v) is 4.61. The van der Waals surface area contributed by atoms with Crippen molar-refractivity contribution in [3.8, 4) is 0 Å². The van der Waals surface area contributed by atoms with Crippen LogP contribution in [0, 0.1) is 12.0 Å². The molecule has 0 amide bonds. The van der Waals surface area contributed by atoms with E-state index in [9.17, 15) is 0 Å². The first-order chi connectivity index (χ1) is 5.29. The van der Waals surface area contributed by atoms with Gasteiger partial charge in [0.2, 0.25) is 0 Å². The Morgan fingerprint density at radius 2 is 1.60 bits per heavy atom. The molecule has 0 aliphatic heterocycles. The molecule has 0 aromatic carbocycles. The molecule has 0 heterocycles. The Morgan fingerprint density at radius 1 is 1.07 bits per heavy atom. The average molecular weight is 301 g/mol. The van der Waals surface area contributed by atoms with Crippen molar-refractivity contribution in [2.45, 2.75) is 39.5 Å². The van der Waals surface area contributed by atoms with Gasteiger partial charge in [-0.25, -0.2) is 5.57 Å². The molecular weight excluding hydrogens is 286 g/mol. The van der Waals surface area contributed by atoms with E-state index in [0.29, 0.717) is 5.92 Å². The van der Waals surface area contributed by atoms with Crippen molar-refractivity contribution in [2.24, 2.45) is 5.92 Å². The summed E-state index contributed by atoms with van der Waals surface area (Å²) in [6, 6.07) is 0. The maximum Gasteiger partial charge on any atom is 4.00 e. The average Bonchev–Trinajstić information content (AvgIpc) is 2.30. The van der Waals surface area contributed by atoms with Crippen molar-refractivity contribution in [2.75, 3.05) is 0 Å². The summed E-state index contributed by atoms with van der Waals surface area (Å²) in [5, 5.41) is 0. The number of hydrogen-bond acceptors (Lipinski definition) is 0. The molecule has 84 valence electrons. The summed E-state index contributed by atoms with van der Waals surface area (Å²) in [7, 11) is 0. The second kappa shape index (κ2) is 9.13. The Kier molecular flexibility index (Phi) is 13.0. The Bertz CT molecular complexity index is 246. The number of hydrogen-bond donors (Lipinski definition) is 0. The molecule has 0 bridgehead atoms. The summed E-state index contributed by atoms with van der Waals surface area (Å²) in [5.41, 5.74) is 4.77. The topological polar surface area (TPSA) is 0 Å². The van der Waals surface area contributed by atoms with Crippen LogP contribution in [0.3, 0.4) is 0 Å². The molecule has 15 heavy (non-hydrogen) atoms. The van der Waals surface area contributed by atoms with Gasteiger partial charge in [0.25, 0.3) is 0 Å². The molecule has 1 unspecified atom stereocenters. The number of allylic oxidation sites excluding steroid dienone is 4. The SMILES string of the molecule is CC1=[C-]C(C)C2=C1CCCC2.[Cl-].[Cl-].[Cl-].[Ti+4]. The van der Waals surface area contributed by atoms with E-state index in [-0.39, 0.29) is 58.9 Å². The molecule has 0 saturated carbocycles. The van der Waals surface area contributed by atoms with Crippen LogP contribution in [0.4, 0.5) is 0 Å². The first-order valence-electron chi connectivity index (χ1n) is 4.61. The largest absolute Gasteiger partial charge is 4.00 e. The summed E-state index contributed by atoms with van der Waals surface area (Å²) >= 11 is 0. The van der Waals surface area contributed by atoms with Crippen molar-refractivity contribution in [3.05, 3.63) is 22.8 Å². The summed E-state index contributed by atoms with van der Waals surface area (Å²) in [6.07, 6.45) is 8.95. The van der Waals surface area contributed by atoms with Gasteiger partial charge in [-0.2, -0.15) is 11.1 Å². The monoisotopic (exact) mass is 300 g/mol. The van der Waals surface area contributed by atoms with E-state index >= 15 is 0 Å². The van der Waals surface area contributed by atoms with Crippen molar-refractivity contribution < 1.29 is 58.9 Å². The molecule has 1 atom stereocenters. The molecule has 0 spiro atoms. The van der Waals surface area contributed by atoms with Gasteiger partial charge in [0.15, 0.2) is 0 Å². The minimum atomic E-state index is 0. The van der Waals surface area contributed by atoms with Crippen LogP contribution in [0.5, 0.6) is 0 Å². The third kappa shape index (κ3) is 4.44. The van der Waals surface area contributed by atoms with Gasteiger partial charge in [-0.1, -0.05) is 39.0 Å². The zero-order valence-corrected chi connectivity index (χ0v) is 12.9. The molecule has 2 rings (SSSR count). The number of rotatable bonds is 0. The summed E-state index contributed by atoms with van der Waals surface area (Å²) in [5.74, 6) is 0.630. The minimum Gasteiger partial charge on any atom is -1.00 e.